The van der Waals surface area contributed by atoms with Crippen molar-refractivity contribution >= 4 is 22.5 Å². The molecule has 4 nitrogen and oxygen atoms in total. The number of amides is 1. The summed E-state index contributed by atoms with van der Waals surface area (Å²) in [6, 6.07) is 7.29. The zero-order valence-corrected chi connectivity index (χ0v) is 14.7. The van der Waals surface area contributed by atoms with Crippen LogP contribution in [0.5, 0.6) is 0 Å². The lowest BCUT2D eigenvalue weighted by Gasteiger charge is -2.22. The summed E-state index contributed by atoms with van der Waals surface area (Å²) in [6.45, 7) is 4.87. The molecule has 0 saturated heterocycles. The average molecular weight is 349 g/mol. The molecule has 2 aromatic carbocycles. The second-order valence-electron chi connectivity index (χ2n) is 7.52. The summed E-state index contributed by atoms with van der Waals surface area (Å²) in [6.07, 6.45) is 1.15. The van der Waals surface area contributed by atoms with Gasteiger partial charge in [-0.05, 0) is 60.9 Å². The molecule has 4 N–H and O–H groups in total. The SMILES string of the molecule is Cc1[nH]c2c(C(N)=O)cc(F)c(-c3cccc4c3C3CC3CN4)c2c1C. The molecule has 1 saturated carbocycles. The van der Waals surface area contributed by atoms with Gasteiger partial charge in [-0.15, -0.1) is 0 Å². The number of benzene rings is 2. The Balaban J connectivity index is 1.89. The maximum atomic E-state index is 15.3. The number of fused-ring (bicyclic) bond motifs is 4. The van der Waals surface area contributed by atoms with Crippen molar-refractivity contribution in [2.24, 2.45) is 11.7 Å². The van der Waals surface area contributed by atoms with E-state index in [1.165, 1.54) is 11.6 Å². The number of aromatic amines is 1. The second kappa shape index (κ2) is 5.10. The predicted molar refractivity (Wildman–Crippen MR) is 101 cm³/mol. The van der Waals surface area contributed by atoms with Gasteiger partial charge in [0.2, 0.25) is 0 Å². The maximum Gasteiger partial charge on any atom is 0.250 e. The van der Waals surface area contributed by atoms with Crippen LogP contribution in [0.2, 0.25) is 0 Å². The molecule has 1 aliphatic carbocycles. The number of rotatable bonds is 2. The number of anilines is 1. The summed E-state index contributed by atoms with van der Waals surface area (Å²) in [5.41, 5.74) is 12.0. The number of carbonyl (C=O) groups is 1. The molecular formula is C21H20FN3O. The topological polar surface area (TPSA) is 70.9 Å². The normalized spacial score (nSPS) is 20.4. The molecule has 3 aromatic rings. The van der Waals surface area contributed by atoms with Crippen LogP contribution in [-0.4, -0.2) is 17.4 Å². The molecule has 1 aromatic heterocycles. The third kappa shape index (κ3) is 1.97. The summed E-state index contributed by atoms with van der Waals surface area (Å²) in [4.78, 5) is 15.1. The van der Waals surface area contributed by atoms with Crippen LogP contribution < -0.4 is 11.1 Å². The zero-order chi connectivity index (χ0) is 18.2. The van der Waals surface area contributed by atoms with E-state index in [1.807, 2.05) is 26.0 Å². The Labute approximate surface area is 150 Å². The van der Waals surface area contributed by atoms with E-state index >= 15 is 4.39 Å². The Morgan fingerprint density at radius 2 is 2.12 bits per heavy atom. The van der Waals surface area contributed by atoms with E-state index in [9.17, 15) is 4.79 Å². The van der Waals surface area contributed by atoms with E-state index in [0.717, 1.165) is 40.9 Å². The lowest BCUT2D eigenvalue weighted by atomic mass is 9.88. The summed E-state index contributed by atoms with van der Waals surface area (Å²) in [7, 11) is 0. The van der Waals surface area contributed by atoms with Crippen molar-refractivity contribution in [3.05, 3.63) is 52.5 Å². The molecule has 0 radical (unpaired) electrons. The number of hydrogen-bond acceptors (Lipinski definition) is 2. The minimum absolute atomic E-state index is 0.199. The van der Waals surface area contributed by atoms with Crippen LogP contribution >= 0.6 is 0 Å². The average Bonchev–Trinajstić information content (AvgIpc) is 3.35. The molecule has 26 heavy (non-hydrogen) atoms. The number of aromatic nitrogens is 1. The summed E-state index contributed by atoms with van der Waals surface area (Å²) >= 11 is 0. The van der Waals surface area contributed by atoms with Gasteiger partial charge in [0, 0.05) is 28.9 Å². The van der Waals surface area contributed by atoms with Crippen molar-refractivity contribution in [3.8, 4) is 11.1 Å². The number of aryl methyl sites for hydroxylation is 2. The molecular weight excluding hydrogens is 329 g/mol. The van der Waals surface area contributed by atoms with Crippen LogP contribution in [0.1, 0.15) is 39.5 Å². The molecule has 2 atom stereocenters. The Bertz CT molecular complexity index is 1100. The monoisotopic (exact) mass is 349 g/mol. The lowest BCUT2D eigenvalue weighted by molar-refractivity contribution is 0.100. The first-order valence-corrected chi connectivity index (χ1v) is 8.95. The van der Waals surface area contributed by atoms with Gasteiger partial charge in [0.25, 0.3) is 5.91 Å². The Morgan fingerprint density at radius 3 is 2.88 bits per heavy atom. The van der Waals surface area contributed by atoms with Gasteiger partial charge in [0.05, 0.1) is 11.1 Å². The number of primary amides is 1. The molecule has 132 valence electrons. The predicted octanol–water partition coefficient (Wildman–Crippen LogP) is 4.22. The summed E-state index contributed by atoms with van der Waals surface area (Å²) in [5.74, 6) is 0.111. The van der Waals surface area contributed by atoms with E-state index < -0.39 is 11.7 Å². The summed E-state index contributed by atoms with van der Waals surface area (Å²) in [5, 5.41) is 4.23. The van der Waals surface area contributed by atoms with E-state index in [0.29, 0.717) is 22.9 Å². The van der Waals surface area contributed by atoms with Crippen LogP contribution in [0, 0.1) is 25.6 Å². The molecule has 0 spiro atoms. The molecule has 2 heterocycles. The number of hydrogen-bond donors (Lipinski definition) is 3. The third-order valence-corrected chi connectivity index (χ3v) is 6.02. The highest BCUT2D eigenvalue weighted by atomic mass is 19.1. The fourth-order valence-electron chi connectivity index (χ4n) is 4.49. The Morgan fingerprint density at radius 1 is 1.31 bits per heavy atom. The fourth-order valence-corrected chi connectivity index (χ4v) is 4.49. The van der Waals surface area contributed by atoms with Gasteiger partial charge in [0.1, 0.15) is 5.82 Å². The smallest absolute Gasteiger partial charge is 0.250 e. The van der Waals surface area contributed by atoms with Crippen LogP contribution in [0.15, 0.2) is 24.3 Å². The highest BCUT2D eigenvalue weighted by Gasteiger charge is 2.44. The van der Waals surface area contributed by atoms with Gasteiger partial charge in [-0.2, -0.15) is 0 Å². The minimum atomic E-state index is -0.624. The first-order valence-electron chi connectivity index (χ1n) is 8.95. The quantitative estimate of drug-likeness (QED) is 0.648. The second-order valence-corrected chi connectivity index (χ2v) is 7.52. The van der Waals surface area contributed by atoms with Gasteiger partial charge in [-0.3, -0.25) is 4.79 Å². The van der Waals surface area contributed by atoms with Crippen molar-refractivity contribution in [1.29, 1.82) is 0 Å². The standard InChI is InChI=1S/C21H20FN3O/c1-9-10(2)25-20-14(21(23)26)7-15(22)19(17(9)20)12-4-3-5-16-18(12)13-6-11(13)8-24-16/h3-5,7,11,13,24-25H,6,8H2,1-2H3,(H2,23,26). The van der Waals surface area contributed by atoms with Crippen molar-refractivity contribution in [2.45, 2.75) is 26.2 Å². The molecule has 1 amide bonds. The van der Waals surface area contributed by atoms with Gasteiger partial charge in [-0.25, -0.2) is 4.39 Å². The van der Waals surface area contributed by atoms with Crippen LogP contribution in [0.4, 0.5) is 10.1 Å². The molecule has 5 rings (SSSR count). The van der Waals surface area contributed by atoms with Gasteiger partial charge in [-0.1, -0.05) is 12.1 Å². The van der Waals surface area contributed by atoms with Crippen molar-refractivity contribution < 1.29 is 9.18 Å². The van der Waals surface area contributed by atoms with Gasteiger partial charge in [0.15, 0.2) is 0 Å². The van der Waals surface area contributed by atoms with Crippen LogP contribution in [0.25, 0.3) is 22.0 Å². The minimum Gasteiger partial charge on any atom is -0.384 e. The molecule has 0 bridgehead atoms. The maximum absolute atomic E-state index is 15.3. The van der Waals surface area contributed by atoms with E-state index in [-0.39, 0.29) is 5.56 Å². The first kappa shape index (κ1) is 15.4. The Kier molecular flexibility index (Phi) is 3.03. The number of nitrogens with two attached hydrogens (primary N) is 1. The van der Waals surface area contributed by atoms with Crippen molar-refractivity contribution in [2.75, 3.05) is 11.9 Å². The molecule has 5 heteroatoms. The van der Waals surface area contributed by atoms with E-state index in [1.54, 1.807) is 0 Å². The van der Waals surface area contributed by atoms with Crippen LogP contribution in [-0.2, 0) is 0 Å². The number of carbonyl (C=O) groups excluding carboxylic acids is 1. The third-order valence-electron chi connectivity index (χ3n) is 6.02. The highest BCUT2D eigenvalue weighted by Crippen LogP contribution is 2.56. The molecule has 1 fully saturated rings. The highest BCUT2D eigenvalue weighted by molar-refractivity contribution is 6.11. The van der Waals surface area contributed by atoms with E-state index in [2.05, 4.69) is 16.4 Å². The fraction of sp³-hybridized carbons (Fsp3) is 0.286. The molecule has 2 unspecified atom stereocenters. The lowest BCUT2D eigenvalue weighted by Crippen LogP contribution is -2.14. The Hall–Kier alpha value is -2.82. The van der Waals surface area contributed by atoms with Gasteiger partial charge < -0.3 is 16.0 Å². The number of halogens is 1. The van der Waals surface area contributed by atoms with Crippen molar-refractivity contribution in [3.63, 3.8) is 0 Å². The van der Waals surface area contributed by atoms with Crippen molar-refractivity contribution in [1.82, 2.24) is 4.98 Å². The molecule has 1 aliphatic heterocycles. The summed E-state index contributed by atoms with van der Waals surface area (Å²) < 4.78 is 15.3. The first-order chi connectivity index (χ1) is 12.5. The zero-order valence-electron chi connectivity index (χ0n) is 14.7. The van der Waals surface area contributed by atoms with Gasteiger partial charge >= 0.3 is 0 Å². The van der Waals surface area contributed by atoms with E-state index in [4.69, 9.17) is 5.73 Å². The molecule has 2 aliphatic rings. The largest absolute Gasteiger partial charge is 0.384 e. The number of nitrogens with one attached hydrogen (secondary N) is 2. The van der Waals surface area contributed by atoms with Crippen LogP contribution in [0.3, 0.4) is 0 Å². The number of H-pyrrole nitrogens is 1.